The van der Waals surface area contributed by atoms with Gasteiger partial charge in [-0.05, 0) is 80.6 Å². The molecule has 0 spiro atoms. The summed E-state index contributed by atoms with van der Waals surface area (Å²) in [7, 11) is 0. The first kappa shape index (κ1) is 19.7. The minimum atomic E-state index is -0.264. The van der Waals surface area contributed by atoms with Gasteiger partial charge in [0, 0.05) is 39.5 Å². The Hall–Kier alpha value is -3.57. The maximum atomic E-state index is 12.6. The summed E-state index contributed by atoms with van der Waals surface area (Å²) < 4.78 is 4.07. The molecule has 1 N–H and O–H groups in total. The molecule has 6 heteroatoms. The summed E-state index contributed by atoms with van der Waals surface area (Å²) in [5.41, 5.74) is 8.14. The molecule has 2 aromatic heterocycles. The molecule has 0 bridgehead atoms. The van der Waals surface area contributed by atoms with Crippen molar-refractivity contribution in [1.82, 2.24) is 14.6 Å². The Bertz CT molecular complexity index is 1200. The number of benzene rings is 2. The summed E-state index contributed by atoms with van der Waals surface area (Å²) in [6.45, 7) is 4.08. The number of rotatable bonds is 5. The van der Waals surface area contributed by atoms with E-state index in [1.54, 1.807) is 12.3 Å². The Morgan fingerprint density at radius 3 is 2.40 bits per heavy atom. The number of hydrogen-bond acceptors (Lipinski definition) is 2. The number of nitrogens with one attached hydrogen (secondary N) is 1. The van der Waals surface area contributed by atoms with E-state index < -0.39 is 0 Å². The summed E-state index contributed by atoms with van der Waals surface area (Å²) in [5.74, 6) is -0.264. The smallest absolute Gasteiger partial charge is 0.271 e. The first-order chi connectivity index (χ1) is 14.5. The zero-order chi connectivity index (χ0) is 21.1. The second kappa shape index (κ2) is 8.43. The van der Waals surface area contributed by atoms with Crippen LogP contribution in [0.2, 0.25) is 5.02 Å². The summed E-state index contributed by atoms with van der Waals surface area (Å²) in [4.78, 5) is 12.6. The van der Waals surface area contributed by atoms with Crippen LogP contribution in [0.3, 0.4) is 0 Å². The summed E-state index contributed by atoms with van der Waals surface area (Å²) in [6.07, 6.45) is 3.55. The summed E-state index contributed by atoms with van der Waals surface area (Å²) >= 11 is 5.97. The van der Waals surface area contributed by atoms with Crippen molar-refractivity contribution in [3.63, 3.8) is 0 Å². The van der Waals surface area contributed by atoms with Crippen LogP contribution in [-0.2, 0) is 0 Å². The SMILES string of the molecule is Cc1ccc(C)n1-c1cccc(C(=O)N/N=C\c2cccn2-c2ccc(Cl)cc2)c1. The highest BCUT2D eigenvalue weighted by molar-refractivity contribution is 6.30. The molecule has 0 radical (unpaired) electrons. The van der Waals surface area contributed by atoms with Crippen LogP contribution in [0, 0.1) is 13.8 Å². The van der Waals surface area contributed by atoms with Crippen LogP contribution < -0.4 is 5.43 Å². The lowest BCUT2D eigenvalue weighted by atomic mass is 10.2. The normalized spacial score (nSPS) is 11.2. The van der Waals surface area contributed by atoms with Crippen LogP contribution in [0.4, 0.5) is 0 Å². The van der Waals surface area contributed by atoms with E-state index in [0.29, 0.717) is 10.6 Å². The van der Waals surface area contributed by atoms with E-state index in [0.717, 1.165) is 28.5 Å². The lowest BCUT2D eigenvalue weighted by Gasteiger charge is -2.10. The van der Waals surface area contributed by atoms with Gasteiger partial charge in [-0.2, -0.15) is 5.10 Å². The molecule has 0 aliphatic carbocycles. The first-order valence-corrected chi connectivity index (χ1v) is 9.93. The van der Waals surface area contributed by atoms with Crippen molar-refractivity contribution < 1.29 is 4.79 Å². The van der Waals surface area contributed by atoms with Crippen molar-refractivity contribution >= 4 is 23.7 Å². The van der Waals surface area contributed by atoms with Gasteiger partial charge >= 0.3 is 0 Å². The largest absolute Gasteiger partial charge is 0.318 e. The van der Waals surface area contributed by atoms with Gasteiger partial charge < -0.3 is 9.13 Å². The fourth-order valence-corrected chi connectivity index (χ4v) is 3.55. The Morgan fingerprint density at radius 1 is 0.933 bits per heavy atom. The van der Waals surface area contributed by atoms with Crippen molar-refractivity contribution in [2.24, 2.45) is 5.10 Å². The molecule has 30 heavy (non-hydrogen) atoms. The van der Waals surface area contributed by atoms with Crippen molar-refractivity contribution in [2.75, 3.05) is 0 Å². The molecular formula is C24H21ClN4O. The average molecular weight is 417 g/mol. The third-order valence-corrected chi connectivity index (χ3v) is 5.14. The minimum absolute atomic E-state index is 0.264. The average Bonchev–Trinajstić information content (AvgIpc) is 3.35. The molecule has 4 rings (SSSR count). The van der Waals surface area contributed by atoms with Crippen molar-refractivity contribution in [2.45, 2.75) is 13.8 Å². The molecule has 150 valence electrons. The predicted octanol–water partition coefficient (Wildman–Crippen LogP) is 5.30. The number of nitrogens with zero attached hydrogens (tertiary/aromatic N) is 3. The van der Waals surface area contributed by atoms with Gasteiger partial charge in [-0.3, -0.25) is 4.79 Å². The molecule has 0 aliphatic heterocycles. The van der Waals surface area contributed by atoms with Crippen molar-refractivity contribution in [1.29, 1.82) is 0 Å². The molecule has 0 unspecified atom stereocenters. The Balaban J connectivity index is 1.50. The highest BCUT2D eigenvalue weighted by Gasteiger charge is 2.09. The minimum Gasteiger partial charge on any atom is -0.318 e. The molecule has 0 fully saturated rings. The van der Waals surface area contributed by atoms with Gasteiger partial charge in [-0.25, -0.2) is 5.43 Å². The Kier molecular flexibility index (Phi) is 5.55. The number of aryl methyl sites for hydroxylation is 2. The molecule has 1 amide bonds. The van der Waals surface area contributed by atoms with E-state index in [-0.39, 0.29) is 5.91 Å². The lowest BCUT2D eigenvalue weighted by molar-refractivity contribution is 0.0955. The summed E-state index contributed by atoms with van der Waals surface area (Å²) in [6, 6.07) is 23.0. The number of aromatic nitrogens is 2. The molecule has 4 aromatic rings. The number of hydrazone groups is 1. The summed E-state index contributed by atoms with van der Waals surface area (Å²) in [5, 5.41) is 4.82. The van der Waals surface area contributed by atoms with E-state index in [1.165, 1.54) is 0 Å². The van der Waals surface area contributed by atoms with Gasteiger partial charge in [0.15, 0.2) is 0 Å². The van der Waals surface area contributed by atoms with E-state index in [4.69, 9.17) is 11.6 Å². The molecule has 0 aliphatic rings. The van der Waals surface area contributed by atoms with Crippen LogP contribution in [0.1, 0.15) is 27.4 Å². The second-order valence-electron chi connectivity index (χ2n) is 6.98. The molecule has 0 saturated heterocycles. The fourth-order valence-electron chi connectivity index (χ4n) is 3.42. The maximum Gasteiger partial charge on any atom is 0.271 e. The second-order valence-corrected chi connectivity index (χ2v) is 7.42. The molecule has 2 heterocycles. The Morgan fingerprint density at radius 2 is 1.67 bits per heavy atom. The van der Waals surface area contributed by atoms with Gasteiger partial charge in [0.1, 0.15) is 0 Å². The third-order valence-electron chi connectivity index (χ3n) is 4.89. The quantitative estimate of drug-likeness (QED) is 0.348. The lowest BCUT2D eigenvalue weighted by Crippen LogP contribution is -2.18. The fraction of sp³-hybridized carbons (Fsp3) is 0.0833. The molecule has 2 aromatic carbocycles. The van der Waals surface area contributed by atoms with Crippen molar-refractivity contribution in [3.8, 4) is 11.4 Å². The monoisotopic (exact) mass is 416 g/mol. The van der Waals surface area contributed by atoms with E-state index in [1.807, 2.05) is 79.2 Å². The number of carbonyl (C=O) groups is 1. The third kappa shape index (κ3) is 4.07. The van der Waals surface area contributed by atoms with Crippen LogP contribution >= 0.6 is 11.6 Å². The predicted molar refractivity (Wildman–Crippen MR) is 121 cm³/mol. The van der Waals surface area contributed by atoms with E-state index in [2.05, 4.69) is 27.2 Å². The highest BCUT2D eigenvalue weighted by atomic mass is 35.5. The number of carbonyl (C=O) groups excluding carboxylic acids is 1. The number of halogens is 1. The molecule has 0 saturated carbocycles. The van der Waals surface area contributed by atoms with Gasteiger partial charge in [-0.15, -0.1) is 0 Å². The van der Waals surface area contributed by atoms with Crippen LogP contribution in [0.15, 0.2) is 84.1 Å². The van der Waals surface area contributed by atoms with Crippen LogP contribution in [0.5, 0.6) is 0 Å². The molecule has 5 nitrogen and oxygen atoms in total. The van der Waals surface area contributed by atoms with Gasteiger partial charge in [0.25, 0.3) is 5.91 Å². The highest BCUT2D eigenvalue weighted by Crippen LogP contribution is 2.18. The first-order valence-electron chi connectivity index (χ1n) is 9.55. The van der Waals surface area contributed by atoms with Gasteiger partial charge in [-0.1, -0.05) is 17.7 Å². The zero-order valence-corrected chi connectivity index (χ0v) is 17.5. The van der Waals surface area contributed by atoms with Gasteiger partial charge in [0.05, 0.1) is 11.9 Å². The zero-order valence-electron chi connectivity index (χ0n) is 16.7. The van der Waals surface area contributed by atoms with Crippen LogP contribution in [0.25, 0.3) is 11.4 Å². The number of hydrogen-bond donors (Lipinski definition) is 1. The van der Waals surface area contributed by atoms with E-state index >= 15 is 0 Å². The standard InChI is InChI=1S/C24H21ClN4O/c1-17-8-9-18(2)29(17)22-6-3-5-19(15-22)24(30)27-26-16-23-7-4-14-28(23)21-12-10-20(25)11-13-21/h3-16H,1-2H3,(H,27,30)/b26-16-. The topological polar surface area (TPSA) is 51.3 Å². The van der Waals surface area contributed by atoms with Gasteiger partial charge in [0.2, 0.25) is 0 Å². The van der Waals surface area contributed by atoms with Crippen LogP contribution in [-0.4, -0.2) is 21.3 Å². The van der Waals surface area contributed by atoms with Crippen molar-refractivity contribution in [3.05, 3.63) is 107 Å². The maximum absolute atomic E-state index is 12.6. The number of amides is 1. The van der Waals surface area contributed by atoms with E-state index in [9.17, 15) is 4.79 Å². The molecular weight excluding hydrogens is 396 g/mol. The Labute approximate surface area is 180 Å². The molecule has 0 atom stereocenters.